The normalized spacial score (nSPS) is 11.2. The van der Waals surface area contributed by atoms with Crippen LogP contribution in [0.15, 0.2) is 71.1 Å². The molecular weight excluding hydrogens is 268 g/mol. The second kappa shape index (κ2) is 4.39. The van der Waals surface area contributed by atoms with E-state index in [1.165, 1.54) is 0 Å². The molecule has 1 aromatic heterocycles. The number of hydrogen-bond acceptors (Lipinski definition) is 1. The standard InChI is InChI=1S/C18H11ClO/c19-16-7-3-1-5-13(16)12-9-10-18-15(11-12)14-6-2-4-8-17(14)20-18/h1-11H. The van der Waals surface area contributed by atoms with E-state index >= 15 is 0 Å². The van der Waals surface area contributed by atoms with Gasteiger partial charge in [0.15, 0.2) is 0 Å². The molecule has 0 atom stereocenters. The maximum absolute atomic E-state index is 6.28. The molecule has 3 aromatic carbocycles. The van der Waals surface area contributed by atoms with Crippen LogP contribution in [0, 0.1) is 0 Å². The summed E-state index contributed by atoms with van der Waals surface area (Å²) in [7, 11) is 0. The van der Waals surface area contributed by atoms with Crippen molar-refractivity contribution in [2.75, 3.05) is 0 Å². The molecule has 1 heterocycles. The van der Waals surface area contributed by atoms with Crippen LogP contribution in [0.3, 0.4) is 0 Å². The van der Waals surface area contributed by atoms with E-state index in [4.69, 9.17) is 16.0 Å². The third-order valence-corrected chi connectivity index (χ3v) is 3.89. The molecule has 0 bridgehead atoms. The lowest BCUT2D eigenvalue weighted by atomic mass is 10.0. The van der Waals surface area contributed by atoms with Gasteiger partial charge >= 0.3 is 0 Å². The van der Waals surface area contributed by atoms with Crippen molar-refractivity contribution in [3.63, 3.8) is 0 Å². The molecule has 2 heteroatoms. The van der Waals surface area contributed by atoms with Gasteiger partial charge in [0.25, 0.3) is 0 Å². The molecule has 4 aromatic rings. The minimum absolute atomic E-state index is 0.764. The summed E-state index contributed by atoms with van der Waals surface area (Å²) in [6.45, 7) is 0. The van der Waals surface area contributed by atoms with E-state index in [0.717, 1.165) is 38.1 Å². The van der Waals surface area contributed by atoms with Gasteiger partial charge in [-0.15, -0.1) is 0 Å². The van der Waals surface area contributed by atoms with Crippen LogP contribution in [0.4, 0.5) is 0 Å². The lowest BCUT2D eigenvalue weighted by molar-refractivity contribution is 0.669. The van der Waals surface area contributed by atoms with Crippen molar-refractivity contribution in [3.8, 4) is 11.1 Å². The minimum atomic E-state index is 0.764. The molecular formula is C18H11ClO. The molecule has 0 N–H and O–H groups in total. The summed E-state index contributed by atoms with van der Waals surface area (Å²) >= 11 is 6.28. The minimum Gasteiger partial charge on any atom is -0.456 e. The summed E-state index contributed by atoms with van der Waals surface area (Å²) in [6, 6.07) is 22.2. The first-order valence-corrected chi connectivity index (χ1v) is 6.87. The SMILES string of the molecule is Clc1ccccc1-c1ccc2oc3ccccc3c2c1. The third kappa shape index (κ3) is 1.71. The predicted molar refractivity (Wildman–Crippen MR) is 84.2 cm³/mol. The molecule has 1 nitrogen and oxygen atoms in total. The van der Waals surface area contributed by atoms with Crippen molar-refractivity contribution in [2.45, 2.75) is 0 Å². The summed E-state index contributed by atoms with van der Waals surface area (Å²) in [5.74, 6) is 0. The summed E-state index contributed by atoms with van der Waals surface area (Å²) in [6.07, 6.45) is 0. The van der Waals surface area contributed by atoms with Crippen molar-refractivity contribution >= 4 is 33.5 Å². The number of rotatable bonds is 1. The van der Waals surface area contributed by atoms with E-state index in [1.807, 2.05) is 54.6 Å². The van der Waals surface area contributed by atoms with Crippen LogP contribution in [-0.4, -0.2) is 0 Å². The molecule has 20 heavy (non-hydrogen) atoms. The summed E-state index contributed by atoms with van der Waals surface area (Å²) < 4.78 is 5.84. The lowest BCUT2D eigenvalue weighted by Crippen LogP contribution is -1.78. The first-order valence-electron chi connectivity index (χ1n) is 6.49. The molecule has 96 valence electrons. The maximum Gasteiger partial charge on any atom is 0.135 e. The first kappa shape index (κ1) is 11.6. The van der Waals surface area contributed by atoms with Gasteiger partial charge in [-0.05, 0) is 29.8 Å². The van der Waals surface area contributed by atoms with Crippen molar-refractivity contribution in [1.29, 1.82) is 0 Å². The molecule has 0 amide bonds. The molecule has 0 radical (unpaired) electrons. The van der Waals surface area contributed by atoms with E-state index in [2.05, 4.69) is 12.1 Å². The topological polar surface area (TPSA) is 13.1 Å². The summed E-state index contributed by atoms with van der Waals surface area (Å²) in [5, 5.41) is 3.02. The smallest absolute Gasteiger partial charge is 0.135 e. The van der Waals surface area contributed by atoms with Crippen LogP contribution >= 0.6 is 11.6 Å². The molecule has 0 fully saturated rings. The van der Waals surface area contributed by atoms with Crippen LogP contribution in [0.25, 0.3) is 33.1 Å². The largest absolute Gasteiger partial charge is 0.456 e. The second-order valence-corrected chi connectivity index (χ2v) is 5.20. The van der Waals surface area contributed by atoms with Gasteiger partial charge in [0.2, 0.25) is 0 Å². The van der Waals surface area contributed by atoms with Gasteiger partial charge in [-0.1, -0.05) is 54.1 Å². The van der Waals surface area contributed by atoms with Crippen LogP contribution < -0.4 is 0 Å². The number of benzene rings is 3. The van der Waals surface area contributed by atoms with E-state index in [-0.39, 0.29) is 0 Å². The zero-order valence-electron chi connectivity index (χ0n) is 10.6. The average molecular weight is 279 g/mol. The Labute approximate surface area is 121 Å². The van der Waals surface area contributed by atoms with Crippen LogP contribution in [-0.2, 0) is 0 Å². The van der Waals surface area contributed by atoms with E-state index < -0.39 is 0 Å². The van der Waals surface area contributed by atoms with Crippen molar-refractivity contribution in [2.24, 2.45) is 0 Å². The Morgan fingerprint density at radius 3 is 2.35 bits per heavy atom. The molecule has 0 aliphatic heterocycles. The molecule has 0 aliphatic carbocycles. The quantitative estimate of drug-likeness (QED) is 0.422. The number of para-hydroxylation sites is 1. The molecule has 0 saturated carbocycles. The number of hydrogen-bond donors (Lipinski definition) is 0. The van der Waals surface area contributed by atoms with Gasteiger partial charge in [0, 0.05) is 21.4 Å². The van der Waals surface area contributed by atoms with Gasteiger partial charge in [-0.2, -0.15) is 0 Å². The zero-order chi connectivity index (χ0) is 13.5. The molecule has 0 aliphatic rings. The van der Waals surface area contributed by atoms with Crippen LogP contribution in [0.1, 0.15) is 0 Å². The van der Waals surface area contributed by atoms with Crippen LogP contribution in [0.2, 0.25) is 5.02 Å². The van der Waals surface area contributed by atoms with Gasteiger partial charge in [-0.3, -0.25) is 0 Å². The highest BCUT2D eigenvalue weighted by atomic mass is 35.5. The van der Waals surface area contributed by atoms with E-state index in [0.29, 0.717) is 0 Å². The third-order valence-electron chi connectivity index (χ3n) is 3.56. The van der Waals surface area contributed by atoms with Crippen LogP contribution in [0.5, 0.6) is 0 Å². The highest BCUT2D eigenvalue weighted by Crippen LogP contribution is 2.34. The van der Waals surface area contributed by atoms with Crippen molar-refractivity contribution < 1.29 is 4.42 Å². The van der Waals surface area contributed by atoms with E-state index in [1.54, 1.807) is 0 Å². The average Bonchev–Trinajstić information content (AvgIpc) is 2.85. The predicted octanol–water partition coefficient (Wildman–Crippen LogP) is 5.91. The molecule has 0 saturated heterocycles. The lowest BCUT2D eigenvalue weighted by Gasteiger charge is -2.04. The molecule has 4 rings (SSSR count). The van der Waals surface area contributed by atoms with Gasteiger partial charge in [-0.25, -0.2) is 0 Å². The fourth-order valence-electron chi connectivity index (χ4n) is 2.59. The number of furan rings is 1. The zero-order valence-corrected chi connectivity index (χ0v) is 11.4. The highest BCUT2D eigenvalue weighted by Gasteiger charge is 2.09. The Morgan fingerprint density at radius 2 is 1.45 bits per heavy atom. The van der Waals surface area contributed by atoms with Gasteiger partial charge in [0.1, 0.15) is 11.2 Å². The number of fused-ring (bicyclic) bond motifs is 3. The fraction of sp³-hybridized carbons (Fsp3) is 0. The molecule has 0 spiro atoms. The van der Waals surface area contributed by atoms with Crippen molar-refractivity contribution in [1.82, 2.24) is 0 Å². The Kier molecular flexibility index (Phi) is 2.54. The van der Waals surface area contributed by atoms with Crippen molar-refractivity contribution in [3.05, 3.63) is 71.8 Å². The Morgan fingerprint density at radius 1 is 0.700 bits per heavy atom. The summed E-state index contributed by atoms with van der Waals surface area (Å²) in [5.41, 5.74) is 3.97. The first-order chi connectivity index (χ1) is 9.83. The molecule has 0 unspecified atom stereocenters. The monoisotopic (exact) mass is 278 g/mol. The Balaban J connectivity index is 2.03. The Bertz CT molecular complexity index is 921. The fourth-order valence-corrected chi connectivity index (χ4v) is 2.83. The van der Waals surface area contributed by atoms with Gasteiger partial charge in [0.05, 0.1) is 0 Å². The maximum atomic E-state index is 6.28. The number of halogens is 1. The summed E-state index contributed by atoms with van der Waals surface area (Å²) in [4.78, 5) is 0. The highest BCUT2D eigenvalue weighted by molar-refractivity contribution is 6.33. The van der Waals surface area contributed by atoms with Gasteiger partial charge < -0.3 is 4.42 Å². The Hall–Kier alpha value is -2.25. The second-order valence-electron chi connectivity index (χ2n) is 4.79. The van der Waals surface area contributed by atoms with E-state index in [9.17, 15) is 0 Å².